The number of nitrogens with one attached hydrogen (secondary N) is 2. The van der Waals surface area contributed by atoms with Crippen molar-refractivity contribution in [3.8, 4) is 0 Å². The minimum absolute atomic E-state index is 0.0204. The van der Waals surface area contributed by atoms with E-state index in [0.717, 1.165) is 5.39 Å². The lowest BCUT2D eigenvalue weighted by Gasteiger charge is -2.28. The van der Waals surface area contributed by atoms with Crippen molar-refractivity contribution in [1.82, 2.24) is 19.9 Å². The van der Waals surface area contributed by atoms with Gasteiger partial charge < -0.3 is 35.3 Å². The number of pyridine rings is 1. The van der Waals surface area contributed by atoms with Crippen molar-refractivity contribution >= 4 is 39.6 Å². The summed E-state index contributed by atoms with van der Waals surface area (Å²) in [6.45, 7) is 9.54. The van der Waals surface area contributed by atoms with Gasteiger partial charge in [-0.15, -0.1) is 0 Å². The number of aliphatic hydroxyl groups is 3. The quantitative estimate of drug-likeness (QED) is 0.259. The molecular formula is C26H37N5O6. The van der Waals surface area contributed by atoms with E-state index < -0.39 is 22.7 Å². The van der Waals surface area contributed by atoms with Gasteiger partial charge >= 0.3 is 0 Å². The summed E-state index contributed by atoms with van der Waals surface area (Å²) in [7, 11) is 0. The SMILES string of the molecule is CC(C)(O)COC(C)(C)C(=O)NCCC(=O)Nc1nc2ccccc2c2c1nc(CO)n2CC(C)(C)O. The Morgan fingerprint density at radius 3 is 2.32 bits per heavy atom. The van der Waals surface area contributed by atoms with Crippen LogP contribution >= 0.6 is 0 Å². The van der Waals surface area contributed by atoms with E-state index in [1.54, 1.807) is 52.2 Å². The van der Waals surface area contributed by atoms with Gasteiger partial charge in [0.05, 0.1) is 35.4 Å². The number of aromatic nitrogens is 3. The highest BCUT2D eigenvalue weighted by molar-refractivity contribution is 6.09. The van der Waals surface area contributed by atoms with Gasteiger partial charge in [-0.2, -0.15) is 0 Å². The highest BCUT2D eigenvalue weighted by atomic mass is 16.5. The molecule has 5 N–H and O–H groups in total. The molecule has 0 spiro atoms. The average Bonchev–Trinajstić information content (AvgIpc) is 3.14. The predicted octanol–water partition coefficient (Wildman–Crippen LogP) is 1.86. The number of anilines is 1. The van der Waals surface area contributed by atoms with E-state index in [1.807, 2.05) is 18.2 Å². The number of fused-ring (bicyclic) bond motifs is 3. The third kappa shape index (κ3) is 7.22. The van der Waals surface area contributed by atoms with E-state index >= 15 is 0 Å². The third-order valence-corrected chi connectivity index (χ3v) is 5.58. The molecule has 11 heteroatoms. The molecule has 0 aliphatic carbocycles. The number of amides is 2. The summed E-state index contributed by atoms with van der Waals surface area (Å²) in [5.74, 6) is -0.231. The molecule has 0 aliphatic rings. The van der Waals surface area contributed by atoms with E-state index in [4.69, 9.17) is 4.74 Å². The number of hydrogen-bond acceptors (Lipinski definition) is 8. The average molecular weight is 516 g/mol. The van der Waals surface area contributed by atoms with Crippen molar-refractivity contribution in [2.45, 2.75) is 77.9 Å². The number of nitrogens with zero attached hydrogens (tertiary/aromatic N) is 3. The molecule has 2 amide bonds. The molecule has 0 saturated heterocycles. The van der Waals surface area contributed by atoms with Gasteiger partial charge in [-0.1, -0.05) is 18.2 Å². The zero-order valence-electron chi connectivity index (χ0n) is 22.3. The lowest BCUT2D eigenvalue weighted by molar-refractivity contribution is -0.150. The largest absolute Gasteiger partial charge is 0.389 e. The summed E-state index contributed by atoms with van der Waals surface area (Å²) in [6.07, 6.45) is -0.0272. The van der Waals surface area contributed by atoms with Crippen LogP contribution in [0.15, 0.2) is 24.3 Å². The highest BCUT2D eigenvalue weighted by Gasteiger charge is 2.31. The molecule has 0 unspecified atom stereocenters. The maximum atomic E-state index is 12.8. The smallest absolute Gasteiger partial charge is 0.251 e. The van der Waals surface area contributed by atoms with Crippen molar-refractivity contribution in [2.24, 2.45) is 0 Å². The molecular weight excluding hydrogens is 478 g/mol. The number of carbonyl (C=O) groups is 2. The molecule has 0 bridgehead atoms. The molecule has 2 aromatic heterocycles. The van der Waals surface area contributed by atoms with Crippen LogP contribution in [0.2, 0.25) is 0 Å². The fraction of sp³-hybridized carbons (Fsp3) is 0.538. The van der Waals surface area contributed by atoms with Gasteiger partial charge in [0.15, 0.2) is 5.82 Å². The first-order valence-corrected chi connectivity index (χ1v) is 12.2. The number of hydrogen-bond donors (Lipinski definition) is 5. The summed E-state index contributed by atoms with van der Waals surface area (Å²) < 4.78 is 7.28. The number of aliphatic hydroxyl groups excluding tert-OH is 1. The van der Waals surface area contributed by atoms with Crippen molar-refractivity contribution < 1.29 is 29.6 Å². The first-order chi connectivity index (χ1) is 17.1. The van der Waals surface area contributed by atoms with Crippen molar-refractivity contribution in [3.63, 3.8) is 0 Å². The van der Waals surface area contributed by atoms with E-state index in [-0.39, 0.29) is 44.4 Å². The first-order valence-electron chi connectivity index (χ1n) is 12.2. The van der Waals surface area contributed by atoms with E-state index in [1.165, 1.54) is 0 Å². The number of para-hydroxylation sites is 1. The van der Waals surface area contributed by atoms with Crippen LogP contribution in [0.25, 0.3) is 21.9 Å². The Labute approximate surface area is 215 Å². The second-order valence-corrected chi connectivity index (χ2v) is 10.9. The molecule has 0 atom stereocenters. The Hall–Kier alpha value is -3.12. The molecule has 0 aliphatic heterocycles. The van der Waals surface area contributed by atoms with Crippen LogP contribution in [0.3, 0.4) is 0 Å². The first kappa shape index (κ1) is 28.5. The van der Waals surface area contributed by atoms with Gasteiger partial charge in [-0.3, -0.25) is 9.59 Å². The molecule has 3 rings (SSSR count). The Morgan fingerprint density at radius 1 is 1.03 bits per heavy atom. The molecule has 0 saturated carbocycles. The maximum absolute atomic E-state index is 12.8. The van der Waals surface area contributed by atoms with Crippen LogP contribution in [0.4, 0.5) is 5.82 Å². The molecule has 2 heterocycles. The summed E-state index contributed by atoms with van der Waals surface area (Å²) >= 11 is 0. The number of benzene rings is 1. The topological polar surface area (TPSA) is 159 Å². The second kappa shape index (κ2) is 10.7. The summed E-state index contributed by atoms with van der Waals surface area (Å²) in [5.41, 5.74) is -1.68. The predicted molar refractivity (Wildman–Crippen MR) is 140 cm³/mol. The standard InChI is InChI=1S/C26H37N5O6/c1-24(2,35)14-31-18(13-32)29-20-21(31)16-9-7-8-10-17(16)28-22(20)30-19(33)11-12-27-23(34)26(5,6)37-15-25(3,4)36/h7-10,32,35-36H,11-15H2,1-6H3,(H,27,34)(H,28,30,33). The molecule has 0 fully saturated rings. The number of rotatable bonds is 11. The molecule has 3 aromatic rings. The van der Waals surface area contributed by atoms with E-state index in [0.29, 0.717) is 22.4 Å². The Bertz CT molecular complexity index is 1290. The second-order valence-electron chi connectivity index (χ2n) is 10.9. The number of imidazole rings is 1. The maximum Gasteiger partial charge on any atom is 0.251 e. The van der Waals surface area contributed by atoms with Crippen LogP contribution in [0, 0.1) is 0 Å². The number of ether oxygens (including phenoxy) is 1. The van der Waals surface area contributed by atoms with E-state index in [2.05, 4.69) is 20.6 Å². The Morgan fingerprint density at radius 2 is 1.70 bits per heavy atom. The van der Waals surface area contributed by atoms with Crippen LogP contribution in [-0.4, -0.2) is 71.6 Å². The van der Waals surface area contributed by atoms with Gasteiger partial charge in [-0.05, 0) is 47.6 Å². The minimum Gasteiger partial charge on any atom is -0.389 e. The Kier molecular flexibility index (Phi) is 8.23. The zero-order chi connectivity index (χ0) is 27.6. The normalized spacial score (nSPS) is 12.8. The van der Waals surface area contributed by atoms with Crippen molar-refractivity contribution in [2.75, 3.05) is 18.5 Å². The van der Waals surface area contributed by atoms with Crippen molar-refractivity contribution in [3.05, 3.63) is 30.1 Å². The molecule has 202 valence electrons. The minimum atomic E-state index is -1.18. The molecule has 1 aromatic carbocycles. The van der Waals surface area contributed by atoms with Crippen LogP contribution in [0.1, 0.15) is 53.8 Å². The van der Waals surface area contributed by atoms with Crippen molar-refractivity contribution in [1.29, 1.82) is 0 Å². The van der Waals surface area contributed by atoms with Gasteiger partial charge in [0, 0.05) is 18.4 Å². The van der Waals surface area contributed by atoms with E-state index in [9.17, 15) is 24.9 Å². The zero-order valence-corrected chi connectivity index (χ0v) is 22.3. The van der Waals surface area contributed by atoms with Crippen LogP contribution < -0.4 is 10.6 Å². The van der Waals surface area contributed by atoms with Gasteiger partial charge in [-0.25, -0.2) is 9.97 Å². The van der Waals surface area contributed by atoms with Crippen LogP contribution in [-0.2, 0) is 27.5 Å². The lowest BCUT2D eigenvalue weighted by atomic mass is 10.1. The summed E-state index contributed by atoms with van der Waals surface area (Å²) in [4.78, 5) is 34.4. The monoisotopic (exact) mass is 515 g/mol. The highest BCUT2D eigenvalue weighted by Crippen LogP contribution is 2.31. The lowest BCUT2D eigenvalue weighted by Crippen LogP contribution is -2.47. The summed E-state index contributed by atoms with van der Waals surface area (Å²) in [6, 6.07) is 7.36. The fourth-order valence-electron chi connectivity index (χ4n) is 3.77. The molecule has 37 heavy (non-hydrogen) atoms. The molecule has 0 radical (unpaired) electrons. The molecule has 11 nitrogen and oxygen atoms in total. The Balaban J connectivity index is 1.80. The van der Waals surface area contributed by atoms with Crippen LogP contribution in [0.5, 0.6) is 0 Å². The summed E-state index contributed by atoms with van der Waals surface area (Å²) in [5, 5.41) is 36.5. The van der Waals surface area contributed by atoms with Gasteiger partial charge in [0.1, 0.15) is 23.5 Å². The van der Waals surface area contributed by atoms with Gasteiger partial charge in [0.2, 0.25) is 5.91 Å². The third-order valence-electron chi connectivity index (χ3n) is 5.58. The number of carbonyl (C=O) groups excluding carboxylic acids is 2. The fourth-order valence-corrected chi connectivity index (χ4v) is 3.77. The van der Waals surface area contributed by atoms with Gasteiger partial charge in [0.25, 0.3) is 5.91 Å².